The Morgan fingerprint density at radius 1 is 1.29 bits per heavy atom. The maximum atomic E-state index is 13.1. The second-order valence-corrected chi connectivity index (χ2v) is 5.11. The number of anilines is 1. The van der Waals surface area contributed by atoms with E-state index in [0.717, 1.165) is 6.42 Å². The van der Waals surface area contributed by atoms with Crippen molar-refractivity contribution >= 4 is 5.69 Å². The Morgan fingerprint density at radius 3 is 2.82 bits per heavy atom. The number of ether oxygens (including phenoxy) is 1. The third-order valence-corrected chi connectivity index (χ3v) is 3.89. The minimum atomic E-state index is -0.300. The largest absolute Gasteiger partial charge is 0.488 e. The van der Waals surface area contributed by atoms with Gasteiger partial charge in [0.2, 0.25) is 0 Å². The molecule has 1 aromatic rings. The lowest BCUT2D eigenvalue weighted by Crippen LogP contribution is -2.33. The van der Waals surface area contributed by atoms with Gasteiger partial charge in [0, 0.05) is 6.07 Å². The molecular formula is C14H20FNO. The molecule has 3 atom stereocenters. The monoisotopic (exact) mass is 237 g/mol. The van der Waals surface area contributed by atoms with Crippen LogP contribution in [0.3, 0.4) is 0 Å². The van der Waals surface area contributed by atoms with Crippen LogP contribution in [0.1, 0.15) is 33.1 Å². The maximum Gasteiger partial charge on any atom is 0.145 e. The predicted octanol–water partition coefficient (Wildman–Crippen LogP) is 3.61. The third-order valence-electron chi connectivity index (χ3n) is 3.89. The Bertz CT molecular complexity index is 394. The van der Waals surface area contributed by atoms with E-state index in [1.807, 2.05) is 0 Å². The average Bonchev–Trinajstić information content (AvgIpc) is 2.30. The van der Waals surface area contributed by atoms with Crippen LogP contribution in [-0.4, -0.2) is 6.10 Å². The fraction of sp³-hybridized carbons (Fsp3) is 0.571. The van der Waals surface area contributed by atoms with Crippen LogP contribution in [0.5, 0.6) is 5.75 Å². The summed E-state index contributed by atoms with van der Waals surface area (Å²) < 4.78 is 19.0. The quantitative estimate of drug-likeness (QED) is 0.797. The number of rotatable bonds is 2. The Hall–Kier alpha value is -1.25. The predicted molar refractivity (Wildman–Crippen MR) is 67.4 cm³/mol. The molecule has 0 spiro atoms. The van der Waals surface area contributed by atoms with Gasteiger partial charge in [0.05, 0.1) is 5.69 Å². The molecule has 0 heterocycles. The van der Waals surface area contributed by atoms with Crippen molar-refractivity contribution in [2.24, 2.45) is 11.8 Å². The minimum Gasteiger partial charge on any atom is -0.488 e. The summed E-state index contributed by atoms with van der Waals surface area (Å²) in [6.45, 7) is 4.44. The molecule has 0 saturated heterocycles. The van der Waals surface area contributed by atoms with E-state index in [0.29, 0.717) is 23.3 Å². The van der Waals surface area contributed by atoms with Crippen molar-refractivity contribution in [2.75, 3.05) is 5.73 Å². The molecule has 0 bridgehead atoms. The van der Waals surface area contributed by atoms with Crippen molar-refractivity contribution in [3.8, 4) is 5.75 Å². The Balaban J connectivity index is 2.11. The fourth-order valence-corrected chi connectivity index (χ4v) is 2.47. The maximum absolute atomic E-state index is 13.1. The van der Waals surface area contributed by atoms with Gasteiger partial charge in [0.1, 0.15) is 17.7 Å². The van der Waals surface area contributed by atoms with E-state index in [1.165, 1.54) is 25.0 Å². The SMILES string of the molecule is CC1CCCC(Oc2cc(F)ccc2N)C1C. The molecule has 94 valence electrons. The highest BCUT2D eigenvalue weighted by Gasteiger charge is 2.28. The molecule has 0 radical (unpaired) electrons. The summed E-state index contributed by atoms with van der Waals surface area (Å²) in [5.74, 6) is 1.33. The van der Waals surface area contributed by atoms with E-state index >= 15 is 0 Å². The smallest absolute Gasteiger partial charge is 0.145 e. The van der Waals surface area contributed by atoms with E-state index in [1.54, 1.807) is 6.07 Å². The van der Waals surface area contributed by atoms with Gasteiger partial charge < -0.3 is 10.5 Å². The van der Waals surface area contributed by atoms with Crippen LogP contribution in [0.4, 0.5) is 10.1 Å². The summed E-state index contributed by atoms with van der Waals surface area (Å²) in [7, 11) is 0. The van der Waals surface area contributed by atoms with Gasteiger partial charge in [-0.3, -0.25) is 0 Å². The van der Waals surface area contributed by atoms with Crippen LogP contribution in [0.2, 0.25) is 0 Å². The lowest BCUT2D eigenvalue weighted by atomic mass is 9.79. The summed E-state index contributed by atoms with van der Waals surface area (Å²) in [5, 5.41) is 0. The highest BCUT2D eigenvalue weighted by atomic mass is 19.1. The van der Waals surface area contributed by atoms with E-state index in [4.69, 9.17) is 10.5 Å². The first-order chi connectivity index (χ1) is 8.08. The molecule has 3 unspecified atom stereocenters. The Kier molecular flexibility index (Phi) is 3.55. The van der Waals surface area contributed by atoms with E-state index < -0.39 is 0 Å². The van der Waals surface area contributed by atoms with Gasteiger partial charge in [0.15, 0.2) is 0 Å². The van der Waals surface area contributed by atoms with Crippen LogP contribution < -0.4 is 10.5 Å². The summed E-state index contributed by atoms with van der Waals surface area (Å²) in [5.41, 5.74) is 6.31. The van der Waals surface area contributed by atoms with Crippen LogP contribution in [0.25, 0.3) is 0 Å². The minimum absolute atomic E-state index is 0.155. The molecule has 3 heteroatoms. The van der Waals surface area contributed by atoms with Gasteiger partial charge in [-0.15, -0.1) is 0 Å². The van der Waals surface area contributed by atoms with Crippen LogP contribution in [-0.2, 0) is 0 Å². The first kappa shape index (κ1) is 12.2. The van der Waals surface area contributed by atoms with E-state index in [9.17, 15) is 4.39 Å². The molecule has 17 heavy (non-hydrogen) atoms. The summed E-state index contributed by atoms with van der Waals surface area (Å²) in [6.07, 6.45) is 3.61. The molecule has 1 fully saturated rings. The van der Waals surface area contributed by atoms with Gasteiger partial charge in [-0.25, -0.2) is 4.39 Å². The van der Waals surface area contributed by atoms with Crippen molar-refractivity contribution in [2.45, 2.75) is 39.2 Å². The number of hydrogen-bond donors (Lipinski definition) is 1. The number of hydrogen-bond acceptors (Lipinski definition) is 2. The lowest BCUT2D eigenvalue weighted by Gasteiger charge is -2.34. The van der Waals surface area contributed by atoms with Gasteiger partial charge in [0.25, 0.3) is 0 Å². The highest BCUT2D eigenvalue weighted by Crippen LogP contribution is 2.34. The van der Waals surface area contributed by atoms with Gasteiger partial charge in [-0.2, -0.15) is 0 Å². The van der Waals surface area contributed by atoms with Gasteiger partial charge in [-0.05, 0) is 36.8 Å². The first-order valence-electron chi connectivity index (χ1n) is 6.29. The molecule has 2 nitrogen and oxygen atoms in total. The second-order valence-electron chi connectivity index (χ2n) is 5.11. The number of nitrogens with two attached hydrogens (primary N) is 1. The third kappa shape index (κ3) is 2.71. The van der Waals surface area contributed by atoms with Crippen molar-refractivity contribution in [3.05, 3.63) is 24.0 Å². The highest BCUT2D eigenvalue weighted by molar-refractivity contribution is 5.52. The van der Waals surface area contributed by atoms with Gasteiger partial charge in [-0.1, -0.05) is 20.3 Å². The van der Waals surface area contributed by atoms with Crippen molar-refractivity contribution in [1.29, 1.82) is 0 Å². The Labute approximate surface area is 102 Å². The van der Waals surface area contributed by atoms with Crippen LogP contribution in [0.15, 0.2) is 18.2 Å². The van der Waals surface area contributed by atoms with Crippen LogP contribution in [0, 0.1) is 17.7 Å². The molecule has 2 N–H and O–H groups in total. The van der Waals surface area contributed by atoms with E-state index in [-0.39, 0.29) is 11.9 Å². The second kappa shape index (κ2) is 4.94. The Morgan fingerprint density at radius 2 is 2.06 bits per heavy atom. The molecule has 0 aliphatic heterocycles. The summed E-state index contributed by atoms with van der Waals surface area (Å²) in [4.78, 5) is 0. The lowest BCUT2D eigenvalue weighted by molar-refractivity contribution is 0.0696. The first-order valence-corrected chi connectivity index (χ1v) is 6.29. The summed E-state index contributed by atoms with van der Waals surface area (Å²) in [6, 6.07) is 4.29. The van der Waals surface area contributed by atoms with E-state index in [2.05, 4.69) is 13.8 Å². The number of benzene rings is 1. The topological polar surface area (TPSA) is 35.2 Å². The van der Waals surface area contributed by atoms with Crippen LogP contribution >= 0.6 is 0 Å². The fourth-order valence-electron chi connectivity index (χ4n) is 2.47. The number of halogens is 1. The molecule has 1 aliphatic carbocycles. The molecular weight excluding hydrogens is 217 g/mol. The molecule has 0 aromatic heterocycles. The zero-order valence-corrected chi connectivity index (χ0v) is 10.4. The molecule has 1 aliphatic rings. The van der Waals surface area contributed by atoms with Crippen molar-refractivity contribution in [1.82, 2.24) is 0 Å². The normalized spacial score (nSPS) is 29.0. The zero-order chi connectivity index (χ0) is 12.4. The summed E-state index contributed by atoms with van der Waals surface area (Å²) >= 11 is 0. The number of nitrogen functional groups attached to an aromatic ring is 1. The average molecular weight is 237 g/mol. The van der Waals surface area contributed by atoms with Crippen molar-refractivity contribution in [3.63, 3.8) is 0 Å². The molecule has 1 saturated carbocycles. The van der Waals surface area contributed by atoms with Gasteiger partial charge >= 0.3 is 0 Å². The standard InChI is InChI=1S/C14H20FNO/c1-9-4-3-5-13(10(9)2)17-14-8-11(15)6-7-12(14)16/h6-10,13H,3-5,16H2,1-2H3. The molecule has 0 amide bonds. The molecule has 2 rings (SSSR count). The molecule has 1 aromatic carbocycles. The van der Waals surface area contributed by atoms with Crippen molar-refractivity contribution < 1.29 is 9.13 Å². The zero-order valence-electron chi connectivity index (χ0n) is 10.4.